The zero-order valence-corrected chi connectivity index (χ0v) is 18.3. The number of aliphatic hydroxyl groups excluding tert-OH is 1. The average Bonchev–Trinajstić information content (AvgIpc) is 3.25. The smallest absolute Gasteiger partial charge is 0.325 e. The first-order valence-electron chi connectivity index (χ1n) is 9.45. The summed E-state index contributed by atoms with van der Waals surface area (Å²) < 4.78 is 17.6. The minimum absolute atomic E-state index is 0.0513. The van der Waals surface area contributed by atoms with E-state index in [1.54, 1.807) is 4.57 Å². The van der Waals surface area contributed by atoms with E-state index in [2.05, 4.69) is 40.6 Å². The Labute approximate surface area is 174 Å². The highest BCUT2D eigenvalue weighted by atomic mass is 32.5. The van der Waals surface area contributed by atoms with E-state index < -0.39 is 31.3 Å². The molecule has 0 amide bonds. The fourth-order valence-electron chi connectivity index (χ4n) is 3.29. The minimum Gasteiger partial charge on any atom is -0.386 e. The van der Waals surface area contributed by atoms with Gasteiger partial charge in [-0.2, -0.15) is 0 Å². The van der Waals surface area contributed by atoms with Gasteiger partial charge in [0.15, 0.2) is 17.7 Å². The van der Waals surface area contributed by atoms with E-state index in [0.717, 1.165) is 0 Å². The Bertz CT molecular complexity index is 875. The van der Waals surface area contributed by atoms with Crippen LogP contribution in [-0.2, 0) is 25.6 Å². The Hall–Kier alpha value is -1.24. The Balaban J connectivity index is 0.000000298. The van der Waals surface area contributed by atoms with Crippen LogP contribution in [0.25, 0.3) is 11.2 Å². The molecule has 2 aliphatic rings. The predicted molar refractivity (Wildman–Crippen MR) is 110 cm³/mol. The topological polar surface area (TPSA) is 141 Å². The van der Waals surface area contributed by atoms with Gasteiger partial charge in [0, 0.05) is 0 Å². The molecule has 0 saturated carbocycles. The summed E-state index contributed by atoms with van der Waals surface area (Å²) in [6.45, 7) is 6.85. The van der Waals surface area contributed by atoms with Crippen LogP contribution in [0.3, 0.4) is 0 Å². The van der Waals surface area contributed by atoms with E-state index in [1.165, 1.54) is 32.3 Å². The Morgan fingerprint density at radius 1 is 1.28 bits per heavy atom. The molecular weight excluding hydrogens is 419 g/mol. The molecule has 162 valence electrons. The summed E-state index contributed by atoms with van der Waals surface area (Å²) in [5.74, 6) is 0.235. The highest BCUT2D eigenvalue weighted by Crippen LogP contribution is 2.52. The standard InChI is InChI=1S/C10H12N5O5PS.C6H15N/c11-8-5-9(13-2-12-8)15(3-14-5)10-6(16)7-4(19-10)1-18-21(17,22)20-7;1-4-7(5-2)6-3/h2-4,6-7,10,16H,1H2,(H,17,22)(H2,11,12,13);4-6H2,1-3H3/t4?,6-,7?,10-,21?;/m1./s1. The summed E-state index contributed by atoms with van der Waals surface area (Å²) in [5.41, 5.74) is 6.58. The van der Waals surface area contributed by atoms with Crippen LogP contribution in [0.4, 0.5) is 5.82 Å². The maximum absolute atomic E-state index is 10.4. The fraction of sp³-hybridized carbons (Fsp3) is 0.688. The first-order valence-corrected chi connectivity index (χ1v) is 12.0. The molecule has 29 heavy (non-hydrogen) atoms. The van der Waals surface area contributed by atoms with Crippen molar-refractivity contribution in [2.24, 2.45) is 0 Å². The van der Waals surface area contributed by atoms with Crippen LogP contribution in [0, 0.1) is 0 Å². The van der Waals surface area contributed by atoms with Gasteiger partial charge >= 0.3 is 6.72 Å². The quantitative estimate of drug-likeness (QED) is 0.570. The number of hydrogen-bond acceptors (Lipinski definition) is 10. The molecule has 4 heterocycles. The number of nitrogens with two attached hydrogens (primary N) is 1. The van der Waals surface area contributed by atoms with Crippen molar-refractivity contribution in [2.75, 3.05) is 32.0 Å². The highest BCUT2D eigenvalue weighted by Gasteiger charge is 2.51. The van der Waals surface area contributed by atoms with E-state index in [-0.39, 0.29) is 12.4 Å². The Morgan fingerprint density at radius 2 is 1.97 bits per heavy atom. The van der Waals surface area contributed by atoms with Gasteiger partial charge in [-0.3, -0.25) is 9.09 Å². The molecule has 0 spiro atoms. The SMILES string of the molecule is CCN(CC)CC.Nc1ncnc2c1ncn2[C@@H]1OC2COP(O)(=S)OC2[C@H]1O. The summed E-state index contributed by atoms with van der Waals surface area (Å²) in [4.78, 5) is 24.2. The van der Waals surface area contributed by atoms with Gasteiger partial charge in [-0.25, -0.2) is 15.0 Å². The van der Waals surface area contributed by atoms with Crippen LogP contribution in [0.2, 0.25) is 0 Å². The zero-order chi connectivity index (χ0) is 21.2. The molecule has 11 nitrogen and oxygen atoms in total. The number of nitrogen functional groups attached to an aromatic ring is 1. The largest absolute Gasteiger partial charge is 0.386 e. The van der Waals surface area contributed by atoms with E-state index in [0.29, 0.717) is 11.2 Å². The van der Waals surface area contributed by atoms with Crippen molar-refractivity contribution in [1.29, 1.82) is 0 Å². The van der Waals surface area contributed by atoms with Crippen molar-refractivity contribution >= 4 is 35.5 Å². The van der Waals surface area contributed by atoms with E-state index in [1.807, 2.05) is 0 Å². The molecule has 2 aromatic heterocycles. The zero-order valence-electron chi connectivity index (χ0n) is 16.6. The molecule has 2 fully saturated rings. The van der Waals surface area contributed by atoms with Crippen LogP contribution in [0.15, 0.2) is 12.7 Å². The molecule has 0 aliphatic carbocycles. The van der Waals surface area contributed by atoms with Crippen molar-refractivity contribution in [3.05, 3.63) is 12.7 Å². The third kappa shape index (κ3) is 4.75. The molecule has 2 aromatic rings. The van der Waals surface area contributed by atoms with Gasteiger partial charge in [0.1, 0.15) is 30.2 Å². The van der Waals surface area contributed by atoms with E-state index in [9.17, 15) is 10.00 Å². The van der Waals surface area contributed by atoms with Gasteiger partial charge in [0.25, 0.3) is 0 Å². The van der Waals surface area contributed by atoms with Crippen molar-refractivity contribution in [3.63, 3.8) is 0 Å². The van der Waals surface area contributed by atoms with Crippen LogP contribution >= 0.6 is 6.72 Å². The molecule has 0 aromatic carbocycles. The number of fused-ring (bicyclic) bond motifs is 2. The molecule has 3 unspecified atom stereocenters. The second-order valence-corrected chi connectivity index (χ2v) is 9.38. The van der Waals surface area contributed by atoms with Gasteiger partial charge in [-0.05, 0) is 31.4 Å². The number of aromatic nitrogens is 4. The second kappa shape index (κ2) is 9.27. The molecule has 13 heteroatoms. The average molecular weight is 446 g/mol. The minimum atomic E-state index is -3.33. The first-order chi connectivity index (χ1) is 13.8. The summed E-state index contributed by atoms with van der Waals surface area (Å²) >= 11 is 4.80. The maximum atomic E-state index is 10.4. The monoisotopic (exact) mass is 446 g/mol. The third-order valence-electron chi connectivity index (χ3n) is 4.97. The van der Waals surface area contributed by atoms with Crippen molar-refractivity contribution in [1.82, 2.24) is 24.4 Å². The van der Waals surface area contributed by atoms with E-state index in [4.69, 9.17) is 31.3 Å². The summed E-state index contributed by atoms with van der Waals surface area (Å²) in [6.07, 6.45) is -0.414. The van der Waals surface area contributed by atoms with E-state index >= 15 is 0 Å². The maximum Gasteiger partial charge on any atom is 0.325 e. The lowest BCUT2D eigenvalue weighted by Crippen LogP contribution is -2.39. The number of imidazole rings is 1. The summed E-state index contributed by atoms with van der Waals surface area (Å²) in [7, 11) is 0. The van der Waals surface area contributed by atoms with Gasteiger partial charge in [-0.15, -0.1) is 0 Å². The van der Waals surface area contributed by atoms with Crippen LogP contribution in [0.5, 0.6) is 0 Å². The molecular formula is C16H27N6O5PS. The molecule has 5 atom stereocenters. The lowest BCUT2D eigenvalue weighted by Gasteiger charge is -2.30. The molecule has 4 rings (SSSR count). The van der Waals surface area contributed by atoms with Crippen LogP contribution < -0.4 is 5.73 Å². The summed E-state index contributed by atoms with van der Waals surface area (Å²) in [5, 5.41) is 10.4. The second-order valence-electron chi connectivity index (χ2n) is 6.59. The first kappa shape index (κ1) is 22.4. The number of anilines is 1. The normalized spacial score (nSPS) is 31.5. The number of hydrogen-bond donors (Lipinski definition) is 3. The molecule has 2 saturated heterocycles. The predicted octanol–water partition coefficient (Wildman–Crippen LogP) is 0.647. The van der Waals surface area contributed by atoms with Crippen molar-refractivity contribution < 1.29 is 23.8 Å². The van der Waals surface area contributed by atoms with Crippen LogP contribution in [0.1, 0.15) is 27.0 Å². The molecule has 2 aliphatic heterocycles. The Kier molecular flexibility index (Phi) is 7.18. The molecule has 0 radical (unpaired) electrons. The Morgan fingerprint density at radius 3 is 2.59 bits per heavy atom. The fourth-order valence-corrected chi connectivity index (χ4v) is 4.74. The van der Waals surface area contributed by atoms with Crippen molar-refractivity contribution in [2.45, 2.75) is 45.3 Å². The molecule has 4 N–H and O–H groups in total. The number of aliphatic hydroxyl groups is 1. The van der Waals surface area contributed by atoms with Crippen molar-refractivity contribution in [3.8, 4) is 0 Å². The number of nitrogens with zero attached hydrogens (tertiary/aromatic N) is 5. The third-order valence-corrected chi connectivity index (χ3v) is 6.53. The van der Waals surface area contributed by atoms with Gasteiger partial charge in [0.2, 0.25) is 0 Å². The number of rotatable bonds is 4. The van der Waals surface area contributed by atoms with Gasteiger partial charge in [0.05, 0.1) is 12.9 Å². The lowest BCUT2D eigenvalue weighted by molar-refractivity contribution is -0.0593. The highest BCUT2D eigenvalue weighted by molar-refractivity contribution is 8.07. The van der Waals surface area contributed by atoms with Crippen LogP contribution in [-0.4, -0.2) is 79.0 Å². The number of ether oxygens (including phenoxy) is 1. The lowest BCUT2D eigenvalue weighted by atomic mass is 10.1. The van der Waals surface area contributed by atoms with Gasteiger partial charge < -0.3 is 29.9 Å². The molecule has 0 bridgehead atoms. The summed E-state index contributed by atoms with van der Waals surface area (Å²) in [6, 6.07) is 0. The van der Waals surface area contributed by atoms with Gasteiger partial charge in [-0.1, -0.05) is 20.8 Å².